The van der Waals surface area contributed by atoms with Gasteiger partial charge in [0, 0.05) is 69.3 Å². The van der Waals surface area contributed by atoms with Crippen molar-refractivity contribution in [1.29, 1.82) is 0 Å². The van der Waals surface area contributed by atoms with Crippen LogP contribution in [0.2, 0.25) is 0 Å². The van der Waals surface area contributed by atoms with Crippen molar-refractivity contribution in [1.82, 2.24) is 29.9 Å². The molecule has 0 amide bonds. The maximum Gasteiger partial charge on any atom is 0.338 e. The van der Waals surface area contributed by atoms with Crippen LogP contribution in [0.1, 0.15) is 27.7 Å². The smallest absolute Gasteiger partial charge is 0.338 e. The van der Waals surface area contributed by atoms with Crippen molar-refractivity contribution in [3.63, 3.8) is 0 Å². The number of para-hydroxylation sites is 1. The van der Waals surface area contributed by atoms with Gasteiger partial charge in [0.05, 0.1) is 5.69 Å². The zero-order valence-electron chi connectivity index (χ0n) is 38.8. The number of hydrogen-bond acceptors (Lipinski definition) is 19. The largest absolute Gasteiger partial charge is 0.423 e. The van der Waals surface area contributed by atoms with E-state index in [1.165, 1.54) is 0 Å². The maximum atomic E-state index is 12.4. The van der Waals surface area contributed by atoms with E-state index in [4.69, 9.17) is 38.9 Å². The van der Waals surface area contributed by atoms with E-state index in [0.29, 0.717) is 28.4 Å². The van der Waals surface area contributed by atoms with Gasteiger partial charge in [-0.15, -0.1) is 0 Å². The number of nitrogens with zero attached hydrogens (tertiary/aromatic N) is 7. The Balaban J connectivity index is 1.37. The molecule has 2 aromatic heterocycles. The molecule has 0 bridgehead atoms. The molecule has 0 aliphatic heterocycles. The summed E-state index contributed by atoms with van der Waals surface area (Å²) in [6.07, 6.45) is 0. The fraction of sp³-hybridized carbons (Fsp3) is 0.0769. The Bertz CT molecular complexity index is 2860. The Hall–Kier alpha value is -10.0. The van der Waals surface area contributed by atoms with Gasteiger partial charge >= 0.3 is 23.9 Å². The fourth-order valence-electron chi connectivity index (χ4n) is 5.89. The van der Waals surface area contributed by atoms with E-state index < -0.39 is 23.9 Å². The number of esters is 4. The van der Waals surface area contributed by atoms with Crippen LogP contribution >= 0.6 is 0 Å². The number of aromatic nitrogens is 6. The van der Waals surface area contributed by atoms with Gasteiger partial charge in [-0.05, 0) is 88.4 Å². The lowest BCUT2D eigenvalue weighted by atomic mass is 10.3. The fourth-order valence-corrected chi connectivity index (χ4v) is 5.89. The molecule has 19 nitrogen and oxygen atoms in total. The minimum Gasteiger partial charge on any atom is -0.423 e. The number of carbonyl (C=O) groups is 4. The Kier molecular flexibility index (Phi) is 15.3. The summed E-state index contributed by atoms with van der Waals surface area (Å²) in [7, 11) is 0. The van der Waals surface area contributed by atoms with E-state index in [1.807, 2.05) is 6.07 Å². The summed E-state index contributed by atoms with van der Waals surface area (Å²) in [6.45, 7) is 20.8. The highest BCUT2D eigenvalue weighted by Gasteiger charge is 2.24. The Morgan fingerprint density at radius 3 is 0.901 bits per heavy atom. The second-order valence-electron chi connectivity index (χ2n) is 15.5. The summed E-state index contributed by atoms with van der Waals surface area (Å²) in [5.41, 5.74) is 3.09. The first kappa shape index (κ1) is 48.9. The van der Waals surface area contributed by atoms with Gasteiger partial charge in [0.25, 0.3) is 0 Å². The number of rotatable bonds is 19. The molecule has 19 heteroatoms. The first-order chi connectivity index (χ1) is 34.0. The minimum absolute atomic E-state index is 0.0136. The normalized spacial score (nSPS) is 10.4. The molecule has 0 aliphatic rings. The number of ether oxygens (including phenoxy) is 4. The second-order valence-corrected chi connectivity index (χ2v) is 15.5. The van der Waals surface area contributed by atoms with Gasteiger partial charge in [0.2, 0.25) is 35.7 Å². The average Bonchev–Trinajstić information content (AvgIpc) is 3.32. The highest BCUT2D eigenvalue weighted by atomic mass is 16.5. The first-order valence-corrected chi connectivity index (χ1v) is 21.4. The van der Waals surface area contributed by atoms with Crippen molar-refractivity contribution in [2.75, 3.05) is 26.2 Å². The summed E-state index contributed by atoms with van der Waals surface area (Å²) in [4.78, 5) is 80.0. The molecule has 0 atom stereocenters. The highest BCUT2D eigenvalue weighted by Crippen LogP contribution is 2.34. The maximum absolute atomic E-state index is 12.4. The SMILES string of the molecule is C=C(C)C(=O)Oc1cccc(Nc2nc(Nc3cccc(OC(=O)C(=C)C)c3)nc(N(c3ccccc3)c3nc(Nc4cccc(OC(=O)C(=C)C)c4)nc(Nc4cccc(OC(=O)C(=C)C)c4)n3)n2)c1. The molecular formula is C52H45N11O8. The molecule has 71 heavy (non-hydrogen) atoms. The van der Waals surface area contributed by atoms with Crippen LogP contribution < -0.4 is 45.1 Å². The summed E-state index contributed by atoms with van der Waals surface area (Å²) in [5.74, 6) is -1.50. The molecule has 0 spiro atoms. The van der Waals surface area contributed by atoms with E-state index in [2.05, 4.69) is 57.6 Å². The monoisotopic (exact) mass is 951 g/mol. The minimum atomic E-state index is -0.608. The number of anilines is 11. The molecule has 0 saturated carbocycles. The number of benzene rings is 5. The zero-order chi connectivity index (χ0) is 50.6. The van der Waals surface area contributed by atoms with Crippen molar-refractivity contribution in [2.24, 2.45) is 0 Å². The van der Waals surface area contributed by atoms with Gasteiger partial charge in [-0.25, -0.2) is 24.1 Å². The second kappa shape index (κ2) is 22.2. The molecule has 0 fully saturated rings. The Morgan fingerprint density at radius 2 is 0.648 bits per heavy atom. The lowest BCUT2D eigenvalue weighted by molar-refractivity contribution is -0.130. The molecule has 0 aliphatic carbocycles. The third-order valence-corrected chi connectivity index (χ3v) is 9.26. The van der Waals surface area contributed by atoms with Crippen LogP contribution in [0.25, 0.3) is 0 Å². The molecule has 7 aromatic rings. The van der Waals surface area contributed by atoms with Crippen LogP contribution in [0.5, 0.6) is 23.0 Å². The Morgan fingerprint density at radius 1 is 0.380 bits per heavy atom. The molecule has 7 rings (SSSR count). The van der Waals surface area contributed by atoms with Gasteiger partial charge in [0.15, 0.2) is 0 Å². The third-order valence-electron chi connectivity index (χ3n) is 9.26. The molecular weight excluding hydrogens is 907 g/mol. The van der Waals surface area contributed by atoms with Crippen LogP contribution in [-0.2, 0) is 19.2 Å². The molecule has 4 N–H and O–H groups in total. The van der Waals surface area contributed by atoms with Crippen molar-refractivity contribution in [2.45, 2.75) is 27.7 Å². The summed E-state index contributed by atoms with van der Waals surface area (Å²) >= 11 is 0. The first-order valence-electron chi connectivity index (χ1n) is 21.4. The van der Waals surface area contributed by atoms with Crippen LogP contribution in [0, 0.1) is 0 Å². The molecule has 0 radical (unpaired) electrons. The van der Waals surface area contributed by atoms with Crippen LogP contribution in [-0.4, -0.2) is 53.8 Å². The predicted molar refractivity (Wildman–Crippen MR) is 269 cm³/mol. The number of carbonyl (C=O) groups excluding carboxylic acids is 4. The van der Waals surface area contributed by atoms with E-state index in [-0.39, 0.29) is 81.0 Å². The number of nitrogens with one attached hydrogen (secondary N) is 4. The molecule has 0 unspecified atom stereocenters. The van der Waals surface area contributed by atoms with Crippen LogP contribution in [0.4, 0.5) is 64.1 Å². The molecule has 2 heterocycles. The van der Waals surface area contributed by atoms with Gasteiger partial charge in [-0.3, -0.25) is 0 Å². The third kappa shape index (κ3) is 13.5. The van der Waals surface area contributed by atoms with Gasteiger partial charge in [-0.2, -0.15) is 29.9 Å². The number of hydrogen-bond donors (Lipinski definition) is 4. The summed E-state index contributed by atoms with van der Waals surface area (Å²) in [5, 5.41) is 12.7. The summed E-state index contributed by atoms with van der Waals surface area (Å²) in [6, 6.07) is 35.3. The molecule has 356 valence electrons. The summed E-state index contributed by atoms with van der Waals surface area (Å²) < 4.78 is 21.9. The van der Waals surface area contributed by atoms with Crippen LogP contribution in [0.3, 0.4) is 0 Å². The lowest BCUT2D eigenvalue weighted by Gasteiger charge is -2.23. The van der Waals surface area contributed by atoms with Gasteiger partial charge in [-0.1, -0.05) is 68.8 Å². The van der Waals surface area contributed by atoms with E-state index in [1.54, 1.807) is 154 Å². The Labute approximate surface area is 407 Å². The van der Waals surface area contributed by atoms with Gasteiger partial charge < -0.3 is 40.2 Å². The predicted octanol–water partition coefficient (Wildman–Crippen LogP) is 10.4. The van der Waals surface area contributed by atoms with Crippen molar-refractivity contribution < 1.29 is 38.1 Å². The zero-order valence-corrected chi connectivity index (χ0v) is 38.8. The van der Waals surface area contributed by atoms with E-state index >= 15 is 0 Å². The topological polar surface area (TPSA) is 234 Å². The average molecular weight is 952 g/mol. The van der Waals surface area contributed by atoms with Crippen molar-refractivity contribution in [3.8, 4) is 23.0 Å². The quantitative estimate of drug-likeness (QED) is 0.0335. The highest BCUT2D eigenvalue weighted by molar-refractivity contribution is 5.90. The molecule has 5 aromatic carbocycles. The van der Waals surface area contributed by atoms with Crippen molar-refractivity contribution in [3.05, 3.63) is 176 Å². The van der Waals surface area contributed by atoms with E-state index in [9.17, 15) is 19.2 Å². The van der Waals surface area contributed by atoms with Crippen molar-refractivity contribution >= 4 is 88.0 Å². The lowest BCUT2D eigenvalue weighted by Crippen LogP contribution is -2.20. The molecule has 0 saturated heterocycles. The standard InChI is InChI=1S/C52H45N11O8/c1-30(2)43(64)68-39-22-12-16-34(26-39)53-47-57-48(54-35-17-13-23-40(27-35)69-44(65)31(3)4)60-51(59-47)63(38-20-10-9-11-21-38)52-61-49(55-36-18-14-24-41(28-36)70-45(66)32(5)6)58-50(62-52)56-37-19-15-25-42(29-37)71-46(67)33(7)8/h9-29H,1,3,5,7H2,2,4,6,8H3,(H2,53,54,57,59,60)(H2,55,56,58,61,62). The van der Waals surface area contributed by atoms with E-state index in [0.717, 1.165) is 0 Å². The van der Waals surface area contributed by atoms with Gasteiger partial charge in [0.1, 0.15) is 23.0 Å². The van der Waals surface area contributed by atoms with Crippen LogP contribution in [0.15, 0.2) is 176 Å².